The lowest BCUT2D eigenvalue weighted by atomic mass is 10.0. The van der Waals surface area contributed by atoms with Crippen LogP contribution in [0.3, 0.4) is 0 Å². The van der Waals surface area contributed by atoms with Gasteiger partial charge >= 0.3 is 10.2 Å². The number of aliphatic imine (C=N–C) groups is 1. The minimum Gasteiger partial charge on any atom is -0.413 e. The van der Waals surface area contributed by atoms with E-state index >= 15 is 0 Å². The molecule has 2 aliphatic rings. The molecule has 0 amide bonds. The van der Waals surface area contributed by atoms with Crippen LogP contribution in [0.15, 0.2) is 41.4 Å². The van der Waals surface area contributed by atoms with Crippen LogP contribution in [0, 0.1) is 11.6 Å². The number of hydrogen-bond acceptors (Lipinski definition) is 6. The molecule has 2 fully saturated rings. The Morgan fingerprint density at radius 3 is 2.57 bits per heavy atom. The maximum atomic E-state index is 14.7. The number of alkyl halides is 1. The minimum atomic E-state index is -3.99. The van der Waals surface area contributed by atoms with Gasteiger partial charge in [-0.3, -0.25) is 9.71 Å². The summed E-state index contributed by atoms with van der Waals surface area (Å²) in [5.74, 6) is -1.000. The quantitative estimate of drug-likeness (QED) is 0.263. The molecule has 8 nitrogen and oxygen atoms in total. The van der Waals surface area contributed by atoms with Crippen molar-refractivity contribution in [1.82, 2.24) is 14.0 Å². The molecule has 3 heterocycles. The first kappa shape index (κ1) is 32.2. The van der Waals surface area contributed by atoms with E-state index in [4.69, 9.17) is 4.43 Å². The molecule has 0 spiro atoms. The summed E-state index contributed by atoms with van der Waals surface area (Å²) in [6.07, 6.45) is 0.603. The molecule has 2 aromatic rings. The Balaban J connectivity index is 1.59. The monoisotopic (exact) mass is 623 g/mol. The summed E-state index contributed by atoms with van der Waals surface area (Å²) in [6.45, 7) is 16.4. The minimum absolute atomic E-state index is 0.00258. The van der Waals surface area contributed by atoms with Gasteiger partial charge in [0.15, 0.2) is 8.32 Å². The molecule has 13 heteroatoms. The van der Waals surface area contributed by atoms with Crippen LogP contribution in [0.2, 0.25) is 18.1 Å². The molecule has 2 aliphatic heterocycles. The smallest absolute Gasteiger partial charge is 0.301 e. The van der Waals surface area contributed by atoms with Crippen LogP contribution in [0.1, 0.15) is 57.8 Å². The molecular weight excluding hydrogens is 583 g/mol. The maximum Gasteiger partial charge on any atom is 0.301 e. The molecule has 4 rings (SSSR count). The van der Waals surface area contributed by atoms with Crippen molar-refractivity contribution in [2.24, 2.45) is 4.99 Å². The highest BCUT2D eigenvalue weighted by Crippen LogP contribution is 2.40. The number of allylic oxidation sites excluding steroid dienone is 1. The van der Waals surface area contributed by atoms with Crippen LogP contribution in [0.5, 0.6) is 0 Å². The fourth-order valence-corrected chi connectivity index (χ4v) is 7.79. The standard InChI is InChI=1S/C29H40F3N5O3SSi/c1-8-24(35-41(38,39)36-14-13-21(18-36)40-42(6,7)29(2,3)4)28-25(33-5)11-12-27(34-28)37-17-20(31)16-26(37)22-15-19(30)9-10-23(22)32/h8-12,15,20-21,26,35H,5,13-14,16-18H2,1-4,6-7H3/b24-8+/t20-,21?,26+/m0/s1. The van der Waals surface area contributed by atoms with Gasteiger partial charge in [0, 0.05) is 25.1 Å². The molecule has 3 atom stereocenters. The first-order valence-corrected chi connectivity index (χ1v) is 18.4. The molecule has 0 radical (unpaired) electrons. The first-order valence-electron chi connectivity index (χ1n) is 14.0. The number of halogens is 3. The van der Waals surface area contributed by atoms with Gasteiger partial charge in [-0.25, -0.2) is 18.2 Å². The number of aromatic nitrogens is 1. The van der Waals surface area contributed by atoms with Gasteiger partial charge < -0.3 is 9.33 Å². The van der Waals surface area contributed by atoms with Gasteiger partial charge in [0.05, 0.1) is 30.1 Å². The second kappa shape index (κ2) is 12.1. The zero-order valence-electron chi connectivity index (χ0n) is 25.0. The molecule has 1 aromatic heterocycles. The summed E-state index contributed by atoms with van der Waals surface area (Å²) in [5, 5.41) is -0.00258. The highest BCUT2D eigenvalue weighted by Gasteiger charge is 2.42. The van der Waals surface area contributed by atoms with E-state index in [1.165, 1.54) is 4.31 Å². The zero-order chi connectivity index (χ0) is 31.0. The molecular formula is C29H40F3N5O3SSi. The predicted molar refractivity (Wildman–Crippen MR) is 163 cm³/mol. The van der Waals surface area contributed by atoms with Crippen LogP contribution in [0.25, 0.3) is 5.70 Å². The average molecular weight is 624 g/mol. The van der Waals surface area contributed by atoms with Gasteiger partial charge in [-0.05, 0) is 68.5 Å². The fourth-order valence-electron chi connectivity index (χ4n) is 5.08. The molecule has 1 N–H and O–H groups in total. The number of nitrogens with one attached hydrogen (secondary N) is 1. The van der Waals surface area contributed by atoms with Gasteiger partial charge in [-0.1, -0.05) is 26.8 Å². The van der Waals surface area contributed by atoms with Crippen LogP contribution in [-0.2, 0) is 14.6 Å². The van der Waals surface area contributed by atoms with Gasteiger partial charge in [0.25, 0.3) is 0 Å². The number of anilines is 1. The number of nitrogens with zero attached hydrogens (tertiary/aromatic N) is 4. The SMILES string of the molecule is C=Nc1ccc(N2C[C@@H](F)C[C@@H]2c2cc(F)ccc2F)nc1/C(=C\C)NS(=O)(=O)N1CCC(O[Si](C)(C)C(C)(C)C)C1. The summed E-state index contributed by atoms with van der Waals surface area (Å²) in [4.78, 5) is 10.2. The van der Waals surface area contributed by atoms with E-state index in [0.29, 0.717) is 18.7 Å². The van der Waals surface area contributed by atoms with Crippen LogP contribution in [0.4, 0.5) is 24.7 Å². The lowest BCUT2D eigenvalue weighted by Gasteiger charge is -2.38. The van der Waals surface area contributed by atoms with Crippen molar-refractivity contribution < 1.29 is 26.0 Å². The molecule has 1 aromatic carbocycles. The normalized spacial score (nSPS) is 22.5. The van der Waals surface area contributed by atoms with Crippen molar-refractivity contribution in [3.8, 4) is 0 Å². The Bertz CT molecular complexity index is 1460. The highest BCUT2D eigenvalue weighted by atomic mass is 32.2. The van der Waals surface area contributed by atoms with Gasteiger partial charge in [-0.2, -0.15) is 12.7 Å². The van der Waals surface area contributed by atoms with E-state index in [9.17, 15) is 21.6 Å². The summed E-state index contributed by atoms with van der Waals surface area (Å²) in [7, 11) is -6.07. The van der Waals surface area contributed by atoms with Crippen molar-refractivity contribution in [3.63, 3.8) is 0 Å². The van der Waals surface area contributed by atoms with E-state index in [1.54, 1.807) is 30.0 Å². The highest BCUT2D eigenvalue weighted by molar-refractivity contribution is 7.87. The van der Waals surface area contributed by atoms with E-state index in [-0.39, 0.29) is 53.4 Å². The van der Waals surface area contributed by atoms with Crippen LogP contribution < -0.4 is 9.62 Å². The van der Waals surface area contributed by atoms with Gasteiger partial charge in [-0.15, -0.1) is 0 Å². The van der Waals surface area contributed by atoms with Crippen LogP contribution in [-0.4, -0.2) is 64.7 Å². The molecule has 230 valence electrons. The van der Waals surface area contributed by atoms with E-state index in [2.05, 4.69) is 55.3 Å². The average Bonchev–Trinajstić information content (AvgIpc) is 3.54. The molecule has 0 saturated carbocycles. The van der Waals surface area contributed by atoms with E-state index < -0.39 is 42.4 Å². The Morgan fingerprint density at radius 2 is 1.93 bits per heavy atom. The van der Waals surface area contributed by atoms with E-state index in [0.717, 1.165) is 18.2 Å². The molecule has 2 saturated heterocycles. The predicted octanol–water partition coefficient (Wildman–Crippen LogP) is 6.27. The summed E-state index contributed by atoms with van der Waals surface area (Å²) >= 11 is 0. The molecule has 0 bridgehead atoms. The largest absolute Gasteiger partial charge is 0.413 e. The van der Waals surface area contributed by atoms with Gasteiger partial charge in [0.1, 0.15) is 29.3 Å². The lowest BCUT2D eigenvalue weighted by Crippen LogP contribution is -2.45. The molecule has 0 aliphatic carbocycles. The Labute approximate surface area is 248 Å². The van der Waals surface area contributed by atoms with Crippen molar-refractivity contribution in [2.45, 2.75) is 77.0 Å². The summed E-state index contributed by atoms with van der Waals surface area (Å²) in [5.41, 5.74) is 0.680. The Kier molecular flexibility index (Phi) is 9.27. The first-order chi connectivity index (χ1) is 19.6. The Morgan fingerprint density at radius 1 is 1.21 bits per heavy atom. The van der Waals surface area contributed by atoms with Crippen molar-refractivity contribution in [3.05, 3.63) is 59.3 Å². The third-order valence-electron chi connectivity index (χ3n) is 8.39. The molecule has 1 unspecified atom stereocenters. The van der Waals surface area contributed by atoms with E-state index in [1.807, 2.05) is 0 Å². The Hall–Kier alpha value is -2.74. The topological polar surface area (TPSA) is 87.1 Å². The third-order valence-corrected chi connectivity index (χ3v) is 14.4. The number of pyridine rings is 1. The van der Waals surface area contributed by atoms with Gasteiger partial charge in [0.2, 0.25) is 0 Å². The number of benzene rings is 1. The molecule has 42 heavy (non-hydrogen) atoms. The lowest BCUT2D eigenvalue weighted by molar-refractivity contribution is 0.193. The second-order valence-corrected chi connectivity index (χ2v) is 18.7. The van der Waals surface area contributed by atoms with Crippen molar-refractivity contribution in [1.29, 1.82) is 0 Å². The number of rotatable bonds is 9. The summed E-state index contributed by atoms with van der Waals surface area (Å²) in [6, 6.07) is 5.47. The van der Waals surface area contributed by atoms with Crippen molar-refractivity contribution in [2.75, 3.05) is 24.5 Å². The zero-order valence-corrected chi connectivity index (χ0v) is 26.8. The second-order valence-electron chi connectivity index (χ2n) is 12.3. The summed E-state index contributed by atoms with van der Waals surface area (Å²) < 4.78 is 80.8. The fraction of sp³-hybridized carbons (Fsp3) is 0.517. The van der Waals surface area contributed by atoms with Crippen molar-refractivity contribution >= 4 is 42.4 Å². The maximum absolute atomic E-state index is 14.7. The third kappa shape index (κ3) is 6.74. The number of hydrogen-bond donors (Lipinski definition) is 1. The van der Waals surface area contributed by atoms with Crippen LogP contribution >= 0.6 is 0 Å².